The van der Waals surface area contributed by atoms with Crippen molar-refractivity contribution in [2.45, 2.75) is 50.7 Å². The molecule has 0 fully saturated rings. The number of hydrogen-bond acceptors (Lipinski definition) is 3. The van der Waals surface area contributed by atoms with E-state index in [0.717, 1.165) is 10.5 Å². The summed E-state index contributed by atoms with van der Waals surface area (Å²) in [5.74, 6) is 0.102. The Labute approximate surface area is 166 Å². The molecular formula is C22H28N2O2S. The number of benzene rings is 2. The number of nitrogens with one attached hydrogen (secondary N) is 1. The number of carbonyl (C=O) groups excluding carboxylic acids is 2. The summed E-state index contributed by atoms with van der Waals surface area (Å²) in [6, 6.07) is 19.0. The van der Waals surface area contributed by atoms with Gasteiger partial charge < -0.3 is 10.2 Å². The Hall–Kier alpha value is -2.27. The Balaban J connectivity index is 2.12. The Morgan fingerprint density at radius 3 is 2.11 bits per heavy atom. The highest BCUT2D eigenvalue weighted by atomic mass is 32.2. The van der Waals surface area contributed by atoms with Gasteiger partial charge in [0.05, 0.1) is 5.75 Å². The second-order valence-corrected chi connectivity index (χ2v) is 8.57. The SMILES string of the molecule is C[C@@H](C(=O)NC(C)(C)C)N(Cc1ccccc1)C(=O)CSc1ccccc1. The second-order valence-electron chi connectivity index (χ2n) is 7.52. The third-order valence-electron chi connectivity index (χ3n) is 3.97. The zero-order chi connectivity index (χ0) is 19.9. The Morgan fingerprint density at radius 1 is 1.00 bits per heavy atom. The predicted molar refractivity (Wildman–Crippen MR) is 112 cm³/mol. The normalized spacial score (nSPS) is 12.3. The van der Waals surface area contributed by atoms with Gasteiger partial charge in [0.15, 0.2) is 0 Å². The van der Waals surface area contributed by atoms with E-state index in [0.29, 0.717) is 12.3 Å². The molecule has 0 radical (unpaired) electrons. The number of nitrogens with zero attached hydrogens (tertiary/aromatic N) is 1. The Morgan fingerprint density at radius 2 is 1.56 bits per heavy atom. The molecule has 1 N–H and O–H groups in total. The third kappa shape index (κ3) is 7.10. The summed E-state index contributed by atoms with van der Waals surface area (Å²) in [6.07, 6.45) is 0. The van der Waals surface area contributed by atoms with Gasteiger partial charge in [0, 0.05) is 17.0 Å². The molecule has 0 aromatic heterocycles. The summed E-state index contributed by atoms with van der Waals surface area (Å²) >= 11 is 1.49. The highest BCUT2D eigenvalue weighted by Crippen LogP contribution is 2.19. The zero-order valence-corrected chi connectivity index (χ0v) is 17.3. The molecule has 4 nitrogen and oxygen atoms in total. The van der Waals surface area contributed by atoms with Crippen LogP contribution in [0.4, 0.5) is 0 Å². The molecule has 1 atom stereocenters. The maximum atomic E-state index is 13.0. The summed E-state index contributed by atoms with van der Waals surface area (Å²) in [6.45, 7) is 8.01. The van der Waals surface area contributed by atoms with E-state index in [2.05, 4.69) is 5.32 Å². The van der Waals surface area contributed by atoms with Crippen LogP contribution in [0.2, 0.25) is 0 Å². The molecule has 0 saturated carbocycles. The molecule has 0 bridgehead atoms. The molecule has 0 unspecified atom stereocenters. The number of amides is 2. The number of carbonyl (C=O) groups is 2. The van der Waals surface area contributed by atoms with Crippen LogP contribution in [0.25, 0.3) is 0 Å². The zero-order valence-electron chi connectivity index (χ0n) is 16.4. The van der Waals surface area contributed by atoms with Crippen molar-refractivity contribution in [3.05, 3.63) is 66.2 Å². The molecule has 0 aliphatic rings. The van der Waals surface area contributed by atoms with Crippen LogP contribution in [-0.4, -0.2) is 34.0 Å². The monoisotopic (exact) mass is 384 g/mol. The number of hydrogen-bond donors (Lipinski definition) is 1. The summed E-state index contributed by atoms with van der Waals surface area (Å²) in [4.78, 5) is 28.3. The van der Waals surface area contributed by atoms with Crippen LogP contribution in [-0.2, 0) is 16.1 Å². The van der Waals surface area contributed by atoms with E-state index in [-0.39, 0.29) is 17.4 Å². The van der Waals surface area contributed by atoms with Crippen LogP contribution < -0.4 is 5.32 Å². The van der Waals surface area contributed by atoms with Crippen LogP contribution in [0, 0.1) is 0 Å². The van der Waals surface area contributed by atoms with Crippen molar-refractivity contribution in [3.63, 3.8) is 0 Å². The largest absolute Gasteiger partial charge is 0.350 e. The molecule has 2 rings (SSSR count). The fourth-order valence-electron chi connectivity index (χ4n) is 2.58. The first-order chi connectivity index (χ1) is 12.8. The Kier molecular flexibility index (Phi) is 7.48. The number of rotatable bonds is 7. The van der Waals surface area contributed by atoms with Crippen molar-refractivity contribution >= 4 is 23.6 Å². The molecule has 0 aliphatic carbocycles. The topological polar surface area (TPSA) is 49.4 Å². The van der Waals surface area contributed by atoms with Crippen LogP contribution >= 0.6 is 11.8 Å². The summed E-state index contributed by atoms with van der Waals surface area (Å²) in [5, 5.41) is 2.97. The molecule has 2 aromatic rings. The van der Waals surface area contributed by atoms with Crippen LogP contribution in [0.3, 0.4) is 0 Å². The first-order valence-electron chi connectivity index (χ1n) is 9.09. The van der Waals surface area contributed by atoms with Crippen molar-refractivity contribution < 1.29 is 9.59 Å². The average Bonchev–Trinajstić information content (AvgIpc) is 2.64. The highest BCUT2D eigenvalue weighted by molar-refractivity contribution is 8.00. The summed E-state index contributed by atoms with van der Waals surface area (Å²) in [7, 11) is 0. The lowest BCUT2D eigenvalue weighted by Gasteiger charge is -2.31. The van der Waals surface area contributed by atoms with Gasteiger partial charge in [-0.05, 0) is 45.4 Å². The van der Waals surface area contributed by atoms with Crippen LogP contribution in [0.1, 0.15) is 33.3 Å². The second kappa shape index (κ2) is 9.60. The van der Waals surface area contributed by atoms with Gasteiger partial charge in [-0.15, -0.1) is 11.8 Å². The maximum absolute atomic E-state index is 13.0. The standard InChI is InChI=1S/C22H28N2O2S/c1-17(21(26)23-22(2,3)4)24(15-18-11-7-5-8-12-18)20(25)16-27-19-13-9-6-10-14-19/h5-14,17H,15-16H2,1-4H3,(H,23,26)/t17-/m0/s1. The number of thioether (sulfide) groups is 1. The van der Waals surface area contributed by atoms with Gasteiger partial charge in [-0.25, -0.2) is 0 Å². The van der Waals surface area contributed by atoms with Gasteiger partial charge in [-0.2, -0.15) is 0 Å². The van der Waals surface area contributed by atoms with E-state index in [1.54, 1.807) is 11.8 Å². The van der Waals surface area contributed by atoms with Gasteiger partial charge in [0.1, 0.15) is 6.04 Å². The minimum Gasteiger partial charge on any atom is -0.350 e. The van der Waals surface area contributed by atoms with E-state index in [1.165, 1.54) is 11.8 Å². The molecule has 144 valence electrons. The van der Waals surface area contributed by atoms with Crippen LogP contribution in [0.5, 0.6) is 0 Å². The minimum atomic E-state index is -0.548. The van der Waals surface area contributed by atoms with Gasteiger partial charge in [-0.1, -0.05) is 48.5 Å². The van der Waals surface area contributed by atoms with Gasteiger partial charge in [-0.3, -0.25) is 9.59 Å². The van der Waals surface area contributed by atoms with Crippen molar-refractivity contribution in [1.82, 2.24) is 10.2 Å². The summed E-state index contributed by atoms with van der Waals surface area (Å²) in [5.41, 5.74) is 0.664. The Bertz CT molecular complexity index is 742. The first-order valence-corrected chi connectivity index (χ1v) is 10.1. The summed E-state index contributed by atoms with van der Waals surface area (Å²) < 4.78 is 0. The molecule has 0 saturated heterocycles. The fraction of sp³-hybridized carbons (Fsp3) is 0.364. The van der Waals surface area contributed by atoms with E-state index in [4.69, 9.17) is 0 Å². The van der Waals surface area contributed by atoms with E-state index in [9.17, 15) is 9.59 Å². The highest BCUT2D eigenvalue weighted by Gasteiger charge is 2.28. The molecule has 27 heavy (non-hydrogen) atoms. The van der Waals surface area contributed by atoms with Gasteiger partial charge >= 0.3 is 0 Å². The molecule has 2 amide bonds. The smallest absolute Gasteiger partial charge is 0.242 e. The van der Waals surface area contributed by atoms with Gasteiger partial charge in [0.25, 0.3) is 0 Å². The lowest BCUT2D eigenvalue weighted by Crippen LogP contribution is -2.52. The fourth-order valence-corrected chi connectivity index (χ4v) is 3.39. The lowest BCUT2D eigenvalue weighted by atomic mass is 10.1. The van der Waals surface area contributed by atoms with E-state index < -0.39 is 6.04 Å². The molecule has 5 heteroatoms. The molecule has 2 aromatic carbocycles. The van der Waals surface area contributed by atoms with Crippen molar-refractivity contribution in [2.24, 2.45) is 0 Å². The average molecular weight is 385 g/mol. The van der Waals surface area contributed by atoms with Crippen molar-refractivity contribution in [1.29, 1.82) is 0 Å². The molecule has 0 spiro atoms. The van der Waals surface area contributed by atoms with Crippen molar-refractivity contribution in [2.75, 3.05) is 5.75 Å². The molecule has 0 heterocycles. The van der Waals surface area contributed by atoms with Crippen LogP contribution in [0.15, 0.2) is 65.6 Å². The third-order valence-corrected chi connectivity index (χ3v) is 4.96. The lowest BCUT2D eigenvalue weighted by molar-refractivity contribution is -0.139. The first kappa shape index (κ1) is 21.0. The maximum Gasteiger partial charge on any atom is 0.242 e. The van der Waals surface area contributed by atoms with E-state index >= 15 is 0 Å². The van der Waals surface area contributed by atoms with E-state index in [1.807, 2.05) is 81.4 Å². The van der Waals surface area contributed by atoms with Gasteiger partial charge in [0.2, 0.25) is 11.8 Å². The minimum absolute atomic E-state index is 0.0516. The predicted octanol–water partition coefficient (Wildman–Crippen LogP) is 4.11. The molecular weight excluding hydrogens is 356 g/mol. The van der Waals surface area contributed by atoms with Crippen molar-refractivity contribution in [3.8, 4) is 0 Å². The molecule has 0 aliphatic heterocycles. The quantitative estimate of drug-likeness (QED) is 0.731.